The van der Waals surface area contributed by atoms with Gasteiger partial charge in [0.2, 0.25) is 0 Å². The van der Waals surface area contributed by atoms with Crippen molar-refractivity contribution in [3.05, 3.63) is 38.9 Å². The van der Waals surface area contributed by atoms with Crippen molar-refractivity contribution in [2.75, 3.05) is 0 Å². The lowest BCUT2D eigenvalue weighted by atomic mass is 10.1. The molecular weight excluding hydrogens is 244 g/mol. The van der Waals surface area contributed by atoms with Crippen molar-refractivity contribution in [1.82, 2.24) is 5.32 Å². The molecule has 0 radical (unpaired) electrons. The fourth-order valence-electron chi connectivity index (χ4n) is 1.25. The van der Waals surface area contributed by atoms with E-state index in [4.69, 9.17) is 11.6 Å². The van der Waals surface area contributed by atoms with Gasteiger partial charge in [-0.2, -0.15) is 0 Å². The summed E-state index contributed by atoms with van der Waals surface area (Å²) >= 11 is 5.66. The molecule has 0 spiro atoms. The largest absolute Gasteiger partial charge is 0.349 e. The Morgan fingerprint density at radius 2 is 2.24 bits per heavy atom. The number of carbonyl (C=O) groups excluding carboxylic acids is 1. The number of nitrogens with one attached hydrogen (secondary N) is 1. The van der Waals surface area contributed by atoms with Crippen LogP contribution >= 0.6 is 11.6 Å². The predicted octanol–water partition coefficient (Wildman–Crippen LogP) is 2.78. The van der Waals surface area contributed by atoms with Crippen molar-refractivity contribution >= 4 is 23.2 Å². The topological polar surface area (TPSA) is 72.2 Å². The summed E-state index contributed by atoms with van der Waals surface area (Å²) in [6, 6.07) is 3.96. The van der Waals surface area contributed by atoms with E-state index in [0.717, 1.165) is 6.42 Å². The first-order chi connectivity index (χ1) is 7.95. The second kappa shape index (κ2) is 5.63. The van der Waals surface area contributed by atoms with Gasteiger partial charge in [-0.3, -0.25) is 14.9 Å². The lowest BCUT2D eigenvalue weighted by Gasteiger charge is -2.11. The van der Waals surface area contributed by atoms with Gasteiger partial charge in [-0.25, -0.2) is 0 Å². The molecule has 0 aliphatic rings. The molecule has 92 valence electrons. The Labute approximate surface area is 104 Å². The van der Waals surface area contributed by atoms with E-state index in [2.05, 4.69) is 5.32 Å². The minimum absolute atomic E-state index is 0.0275. The van der Waals surface area contributed by atoms with Crippen LogP contribution in [-0.4, -0.2) is 16.9 Å². The third-order valence-electron chi connectivity index (χ3n) is 2.39. The standard InChI is InChI=1S/C11H13ClN2O3/c1-3-7(2)13-11(15)9-5-4-8(12)6-10(9)14(16)17/h4-7H,3H2,1-2H3,(H,13,15)/t7-/m1/s1. The van der Waals surface area contributed by atoms with Crippen molar-refractivity contribution in [2.24, 2.45) is 0 Å². The first-order valence-electron chi connectivity index (χ1n) is 5.20. The molecule has 1 aromatic carbocycles. The lowest BCUT2D eigenvalue weighted by molar-refractivity contribution is -0.385. The molecule has 0 aliphatic heterocycles. The molecule has 5 nitrogen and oxygen atoms in total. The molecule has 0 saturated heterocycles. The SMILES string of the molecule is CC[C@@H](C)NC(=O)c1ccc(Cl)cc1[N+](=O)[O-]. The van der Waals surface area contributed by atoms with Crippen LogP contribution in [0.4, 0.5) is 5.69 Å². The predicted molar refractivity (Wildman–Crippen MR) is 65.3 cm³/mol. The van der Waals surface area contributed by atoms with Gasteiger partial charge in [-0.05, 0) is 25.5 Å². The zero-order valence-electron chi connectivity index (χ0n) is 9.57. The van der Waals surface area contributed by atoms with E-state index in [0.29, 0.717) is 0 Å². The summed E-state index contributed by atoms with van der Waals surface area (Å²) in [5, 5.41) is 13.7. The van der Waals surface area contributed by atoms with Crippen LogP contribution in [0.5, 0.6) is 0 Å². The van der Waals surface area contributed by atoms with Crippen LogP contribution in [0.3, 0.4) is 0 Å². The van der Waals surface area contributed by atoms with Gasteiger partial charge in [0.1, 0.15) is 5.56 Å². The van der Waals surface area contributed by atoms with E-state index in [1.165, 1.54) is 18.2 Å². The summed E-state index contributed by atoms with van der Waals surface area (Å²) in [6.45, 7) is 3.75. The number of rotatable bonds is 4. The average molecular weight is 257 g/mol. The average Bonchev–Trinajstić information content (AvgIpc) is 2.28. The maximum Gasteiger partial charge on any atom is 0.283 e. The summed E-state index contributed by atoms with van der Waals surface area (Å²) < 4.78 is 0. The summed E-state index contributed by atoms with van der Waals surface area (Å²) in [5.74, 6) is -0.456. The van der Waals surface area contributed by atoms with Gasteiger partial charge >= 0.3 is 0 Å². The van der Waals surface area contributed by atoms with Crippen LogP contribution < -0.4 is 5.32 Å². The molecule has 1 aromatic rings. The van der Waals surface area contributed by atoms with Crippen LogP contribution in [0, 0.1) is 10.1 Å². The van der Waals surface area contributed by atoms with E-state index >= 15 is 0 Å². The smallest absolute Gasteiger partial charge is 0.283 e. The van der Waals surface area contributed by atoms with Crippen molar-refractivity contribution < 1.29 is 9.72 Å². The normalized spacial score (nSPS) is 11.9. The molecule has 1 N–H and O–H groups in total. The van der Waals surface area contributed by atoms with Gasteiger partial charge in [0.05, 0.1) is 4.92 Å². The number of benzene rings is 1. The molecule has 0 aromatic heterocycles. The second-order valence-electron chi connectivity index (χ2n) is 3.70. The molecule has 0 aliphatic carbocycles. The fraction of sp³-hybridized carbons (Fsp3) is 0.364. The van der Waals surface area contributed by atoms with E-state index in [1.807, 2.05) is 13.8 Å². The molecule has 0 unspecified atom stereocenters. The van der Waals surface area contributed by atoms with E-state index in [1.54, 1.807) is 0 Å². The van der Waals surface area contributed by atoms with Gasteiger partial charge < -0.3 is 5.32 Å². The highest BCUT2D eigenvalue weighted by atomic mass is 35.5. The molecule has 0 heterocycles. The number of hydrogen-bond acceptors (Lipinski definition) is 3. The van der Waals surface area contributed by atoms with E-state index in [9.17, 15) is 14.9 Å². The first-order valence-corrected chi connectivity index (χ1v) is 5.58. The zero-order valence-corrected chi connectivity index (χ0v) is 10.3. The third kappa shape index (κ3) is 3.42. The Morgan fingerprint density at radius 1 is 1.59 bits per heavy atom. The molecule has 1 atom stereocenters. The van der Waals surface area contributed by atoms with Crippen molar-refractivity contribution in [2.45, 2.75) is 26.3 Å². The molecule has 6 heteroatoms. The number of hydrogen-bond donors (Lipinski definition) is 1. The van der Waals surface area contributed by atoms with Gasteiger partial charge in [-0.15, -0.1) is 0 Å². The van der Waals surface area contributed by atoms with Crippen molar-refractivity contribution in [3.63, 3.8) is 0 Å². The molecule has 0 saturated carbocycles. The van der Waals surface area contributed by atoms with E-state index < -0.39 is 10.8 Å². The fourth-order valence-corrected chi connectivity index (χ4v) is 1.42. The van der Waals surface area contributed by atoms with Gasteiger partial charge in [0.15, 0.2) is 0 Å². The summed E-state index contributed by atoms with van der Waals surface area (Å²) in [4.78, 5) is 22.0. The van der Waals surface area contributed by atoms with Gasteiger partial charge in [0.25, 0.3) is 11.6 Å². The van der Waals surface area contributed by atoms with Gasteiger partial charge in [-0.1, -0.05) is 18.5 Å². The third-order valence-corrected chi connectivity index (χ3v) is 2.63. The zero-order chi connectivity index (χ0) is 13.0. The summed E-state index contributed by atoms with van der Waals surface area (Å²) in [7, 11) is 0. The Kier molecular flexibility index (Phi) is 4.45. The quantitative estimate of drug-likeness (QED) is 0.665. The van der Waals surface area contributed by atoms with Gasteiger partial charge in [0, 0.05) is 17.1 Å². The monoisotopic (exact) mass is 256 g/mol. The highest BCUT2D eigenvalue weighted by Gasteiger charge is 2.21. The molecule has 0 fully saturated rings. The number of nitrogens with zero attached hydrogens (tertiary/aromatic N) is 1. The van der Waals surface area contributed by atoms with Crippen molar-refractivity contribution in [3.8, 4) is 0 Å². The number of nitro groups is 1. The molecule has 1 amide bonds. The van der Waals surface area contributed by atoms with Crippen LogP contribution in [0.15, 0.2) is 18.2 Å². The van der Waals surface area contributed by atoms with Crippen LogP contribution in [0.25, 0.3) is 0 Å². The number of halogens is 1. The van der Waals surface area contributed by atoms with Crippen LogP contribution in [0.1, 0.15) is 30.6 Å². The molecule has 1 rings (SSSR count). The number of nitro benzene ring substituents is 1. The van der Waals surface area contributed by atoms with Crippen LogP contribution in [0.2, 0.25) is 5.02 Å². The highest BCUT2D eigenvalue weighted by Crippen LogP contribution is 2.23. The summed E-state index contributed by atoms with van der Waals surface area (Å²) in [6.07, 6.45) is 0.757. The first kappa shape index (κ1) is 13.4. The number of carbonyl (C=O) groups is 1. The maximum atomic E-state index is 11.8. The maximum absolute atomic E-state index is 11.8. The lowest BCUT2D eigenvalue weighted by Crippen LogP contribution is -2.32. The molecule has 17 heavy (non-hydrogen) atoms. The van der Waals surface area contributed by atoms with Crippen molar-refractivity contribution in [1.29, 1.82) is 0 Å². The van der Waals surface area contributed by atoms with E-state index in [-0.39, 0.29) is 22.3 Å². The Morgan fingerprint density at radius 3 is 2.76 bits per heavy atom. The Balaban J connectivity index is 3.04. The number of amides is 1. The minimum atomic E-state index is -0.614. The Bertz CT molecular complexity index is 448. The summed E-state index contributed by atoms with van der Waals surface area (Å²) in [5.41, 5.74) is -0.252. The second-order valence-corrected chi connectivity index (χ2v) is 4.14. The minimum Gasteiger partial charge on any atom is -0.349 e. The molecular formula is C11H13ClN2O3. The Hall–Kier alpha value is -1.62. The highest BCUT2D eigenvalue weighted by molar-refractivity contribution is 6.31. The molecule has 0 bridgehead atoms. The van der Waals surface area contributed by atoms with Crippen LogP contribution in [-0.2, 0) is 0 Å².